The van der Waals surface area contributed by atoms with Gasteiger partial charge in [-0.15, -0.1) is 0 Å². The van der Waals surface area contributed by atoms with Crippen molar-refractivity contribution >= 4 is 34.8 Å². The van der Waals surface area contributed by atoms with Crippen LogP contribution in [-0.2, 0) is 0 Å². The summed E-state index contributed by atoms with van der Waals surface area (Å²) in [6, 6.07) is 16.9. The zero-order valence-electron chi connectivity index (χ0n) is 14.4. The first-order valence-electron chi connectivity index (χ1n) is 8.08. The summed E-state index contributed by atoms with van der Waals surface area (Å²) in [5.74, 6) is -0.413. The predicted octanol–water partition coefficient (Wildman–Crippen LogP) is 4.34. The lowest BCUT2D eigenvalue weighted by atomic mass is 10.1. The van der Waals surface area contributed by atoms with Gasteiger partial charge in [-0.25, -0.2) is 5.43 Å². The Bertz CT molecular complexity index is 963. The SMILES string of the molecule is C/C(=N\NC(=O)c1ccc(Cl)cc1)c1ccc(NC(=O)c2ccco2)cc1. The third-order valence-corrected chi connectivity index (χ3v) is 3.99. The van der Waals surface area contributed by atoms with E-state index < -0.39 is 0 Å². The molecule has 7 heteroatoms. The molecule has 0 aliphatic rings. The molecule has 0 atom stereocenters. The highest BCUT2D eigenvalue weighted by Crippen LogP contribution is 2.13. The van der Waals surface area contributed by atoms with Crippen LogP contribution in [0.5, 0.6) is 0 Å². The summed E-state index contributed by atoms with van der Waals surface area (Å²) in [4.78, 5) is 24.0. The Labute approximate surface area is 160 Å². The molecule has 27 heavy (non-hydrogen) atoms. The number of benzene rings is 2. The Hall–Kier alpha value is -3.38. The number of nitrogens with zero attached hydrogens (tertiary/aromatic N) is 1. The maximum absolute atomic E-state index is 12.1. The highest BCUT2D eigenvalue weighted by Gasteiger charge is 2.09. The largest absolute Gasteiger partial charge is 0.459 e. The summed E-state index contributed by atoms with van der Waals surface area (Å²) in [6.07, 6.45) is 1.44. The predicted molar refractivity (Wildman–Crippen MR) is 104 cm³/mol. The lowest BCUT2D eigenvalue weighted by Gasteiger charge is -2.06. The summed E-state index contributed by atoms with van der Waals surface area (Å²) < 4.78 is 5.05. The molecule has 136 valence electrons. The van der Waals surface area contributed by atoms with Gasteiger partial charge in [-0.2, -0.15) is 5.10 Å². The molecule has 0 aliphatic carbocycles. The second kappa shape index (κ2) is 8.33. The molecule has 2 amide bonds. The van der Waals surface area contributed by atoms with Crippen molar-refractivity contribution in [3.8, 4) is 0 Å². The molecule has 2 N–H and O–H groups in total. The van der Waals surface area contributed by atoms with Gasteiger partial charge in [0, 0.05) is 16.3 Å². The molecule has 0 unspecified atom stereocenters. The number of carbonyl (C=O) groups excluding carboxylic acids is 2. The van der Waals surface area contributed by atoms with Crippen LogP contribution in [0.1, 0.15) is 33.4 Å². The van der Waals surface area contributed by atoms with Crippen molar-refractivity contribution in [1.29, 1.82) is 0 Å². The first kappa shape index (κ1) is 18.4. The summed E-state index contributed by atoms with van der Waals surface area (Å²) in [5, 5.41) is 7.40. The van der Waals surface area contributed by atoms with E-state index in [-0.39, 0.29) is 17.6 Å². The third-order valence-electron chi connectivity index (χ3n) is 3.74. The summed E-state index contributed by atoms with van der Waals surface area (Å²) >= 11 is 5.81. The molecule has 0 fully saturated rings. The van der Waals surface area contributed by atoms with E-state index in [1.54, 1.807) is 67.6 Å². The van der Waals surface area contributed by atoms with Gasteiger partial charge in [0.15, 0.2) is 5.76 Å². The van der Waals surface area contributed by atoms with Crippen LogP contribution in [-0.4, -0.2) is 17.5 Å². The number of hydrogen-bond acceptors (Lipinski definition) is 4. The second-order valence-electron chi connectivity index (χ2n) is 5.65. The molecule has 0 aliphatic heterocycles. The Balaban J connectivity index is 1.62. The zero-order valence-corrected chi connectivity index (χ0v) is 15.2. The first-order valence-corrected chi connectivity index (χ1v) is 8.46. The van der Waals surface area contributed by atoms with Crippen LogP contribution in [0.2, 0.25) is 5.02 Å². The Morgan fingerprint density at radius 1 is 0.926 bits per heavy atom. The Morgan fingerprint density at radius 2 is 1.59 bits per heavy atom. The lowest BCUT2D eigenvalue weighted by molar-refractivity contribution is 0.0953. The van der Waals surface area contributed by atoms with Crippen LogP contribution >= 0.6 is 11.6 Å². The maximum atomic E-state index is 12.1. The van der Waals surface area contributed by atoms with E-state index in [0.29, 0.717) is 22.0 Å². The molecule has 0 bridgehead atoms. The molecule has 1 heterocycles. The van der Waals surface area contributed by atoms with E-state index in [0.717, 1.165) is 5.56 Å². The fourth-order valence-corrected chi connectivity index (χ4v) is 2.39. The topological polar surface area (TPSA) is 83.7 Å². The van der Waals surface area contributed by atoms with Crippen LogP contribution in [0, 0.1) is 0 Å². The average Bonchev–Trinajstić information content (AvgIpc) is 3.22. The normalized spacial score (nSPS) is 11.1. The fraction of sp³-hybridized carbons (Fsp3) is 0.0500. The smallest absolute Gasteiger partial charge is 0.291 e. The minimum atomic E-state index is -0.326. The Morgan fingerprint density at radius 3 is 2.22 bits per heavy atom. The molecular weight excluding hydrogens is 366 g/mol. The van der Waals surface area contributed by atoms with Gasteiger partial charge in [-0.1, -0.05) is 23.7 Å². The van der Waals surface area contributed by atoms with Gasteiger partial charge in [-0.05, 0) is 61.0 Å². The van der Waals surface area contributed by atoms with Gasteiger partial charge in [0.25, 0.3) is 11.8 Å². The van der Waals surface area contributed by atoms with Crippen molar-refractivity contribution in [2.45, 2.75) is 6.92 Å². The lowest BCUT2D eigenvalue weighted by Crippen LogP contribution is -2.19. The van der Waals surface area contributed by atoms with Crippen molar-refractivity contribution < 1.29 is 14.0 Å². The molecule has 0 radical (unpaired) electrons. The van der Waals surface area contributed by atoms with Crippen molar-refractivity contribution in [3.63, 3.8) is 0 Å². The minimum absolute atomic E-state index is 0.238. The zero-order chi connectivity index (χ0) is 19.2. The van der Waals surface area contributed by atoms with Crippen molar-refractivity contribution in [2.75, 3.05) is 5.32 Å². The van der Waals surface area contributed by atoms with Crippen molar-refractivity contribution in [3.05, 3.63) is 88.8 Å². The number of nitrogens with one attached hydrogen (secondary N) is 2. The van der Waals surface area contributed by atoms with Gasteiger partial charge < -0.3 is 9.73 Å². The molecule has 0 saturated heterocycles. The maximum Gasteiger partial charge on any atom is 0.291 e. The second-order valence-corrected chi connectivity index (χ2v) is 6.09. The highest BCUT2D eigenvalue weighted by molar-refractivity contribution is 6.30. The Kier molecular flexibility index (Phi) is 5.68. The number of anilines is 1. The number of furan rings is 1. The summed E-state index contributed by atoms with van der Waals surface area (Å²) in [6.45, 7) is 1.78. The molecule has 6 nitrogen and oxygen atoms in total. The van der Waals surface area contributed by atoms with Crippen LogP contribution in [0.25, 0.3) is 0 Å². The van der Waals surface area contributed by atoms with E-state index in [4.69, 9.17) is 16.0 Å². The van der Waals surface area contributed by atoms with Gasteiger partial charge >= 0.3 is 0 Å². The molecule has 0 spiro atoms. The van der Waals surface area contributed by atoms with Gasteiger partial charge in [-0.3, -0.25) is 9.59 Å². The van der Waals surface area contributed by atoms with Crippen LogP contribution < -0.4 is 10.7 Å². The minimum Gasteiger partial charge on any atom is -0.459 e. The molecule has 0 saturated carbocycles. The summed E-state index contributed by atoms with van der Waals surface area (Å²) in [7, 11) is 0. The highest BCUT2D eigenvalue weighted by atomic mass is 35.5. The number of hydrogen-bond donors (Lipinski definition) is 2. The molecule has 3 rings (SSSR count). The number of amides is 2. The standard InChI is InChI=1S/C20H16ClN3O3/c1-13(23-24-19(25)15-4-8-16(21)9-5-15)14-6-10-17(11-7-14)22-20(26)18-3-2-12-27-18/h2-12H,1H3,(H,22,26)(H,24,25)/b23-13+. The average molecular weight is 382 g/mol. The monoisotopic (exact) mass is 381 g/mol. The van der Waals surface area contributed by atoms with Gasteiger partial charge in [0.2, 0.25) is 0 Å². The number of carbonyl (C=O) groups is 2. The molecule has 3 aromatic rings. The number of halogens is 1. The molecule has 1 aromatic heterocycles. The summed E-state index contributed by atoms with van der Waals surface area (Å²) in [5.41, 5.74) is 5.03. The fourth-order valence-electron chi connectivity index (χ4n) is 2.26. The van der Waals surface area contributed by atoms with E-state index >= 15 is 0 Å². The van der Waals surface area contributed by atoms with Crippen LogP contribution in [0.15, 0.2) is 76.4 Å². The van der Waals surface area contributed by atoms with Gasteiger partial charge in [0.05, 0.1) is 12.0 Å². The number of hydrazone groups is 1. The van der Waals surface area contributed by atoms with E-state index in [1.165, 1.54) is 6.26 Å². The molecular formula is C20H16ClN3O3. The van der Waals surface area contributed by atoms with Crippen LogP contribution in [0.4, 0.5) is 5.69 Å². The van der Waals surface area contributed by atoms with Gasteiger partial charge in [0.1, 0.15) is 0 Å². The van der Waals surface area contributed by atoms with Crippen molar-refractivity contribution in [1.82, 2.24) is 5.43 Å². The molecule has 2 aromatic carbocycles. The van der Waals surface area contributed by atoms with Crippen LogP contribution in [0.3, 0.4) is 0 Å². The van der Waals surface area contributed by atoms with Crippen molar-refractivity contribution in [2.24, 2.45) is 5.10 Å². The van der Waals surface area contributed by atoms with E-state index in [9.17, 15) is 9.59 Å². The quantitative estimate of drug-likeness (QED) is 0.509. The third kappa shape index (κ3) is 4.83. The first-order chi connectivity index (χ1) is 13.0. The number of rotatable bonds is 5. The van der Waals surface area contributed by atoms with E-state index in [2.05, 4.69) is 15.8 Å². The van der Waals surface area contributed by atoms with E-state index in [1.807, 2.05) is 0 Å².